The Labute approximate surface area is 147 Å². The molecule has 0 spiro atoms. The summed E-state index contributed by atoms with van der Waals surface area (Å²) in [4.78, 5) is 0.244. The molecule has 25 heavy (non-hydrogen) atoms. The van der Waals surface area contributed by atoms with E-state index in [-0.39, 0.29) is 4.90 Å². The number of hydrogen-bond donors (Lipinski definition) is 1. The molecule has 0 saturated heterocycles. The van der Waals surface area contributed by atoms with Crippen molar-refractivity contribution >= 4 is 15.7 Å². The van der Waals surface area contributed by atoms with E-state index in [9.17, 15) is 8.42 Å². The van der Waals surface area contributed by atoms with Gasteiger partial charge in [0, 0.05) is 5.56 Å². The van der Waals surface area contributed by atoms with Gasteiger partial charge in [-0.05, 0) is 56.5 Å². The van der Waals surface area contributed by atoms with Gasteiger partial charge in [0.05, 0.1) is 16.3 Å². The number of anilines is 1. The second kappa shape index (κ2) is 6.37. The normalized spacial score (nSPS) is 11.5. The Morgan fingerprint density at radius 1 is 0.960 bits per heavy atom. The molecule has 0 saturated carbocycles. The van der Waals surface area contributed by atoms with Gasteiger partial charge in [0.2, 0.25) is 0 Å². The molecule has 0 atom stereocenters. The number of aromatic nitrogens is 1. The molecule has 0 amide bonds. The van der Waals surface area contributed by atoms with E-state index in [0.717, 1.165) is 22.4 Å². The highest BCUT2D eigenvalue weighted by Gasteiger charge is 2.20. The third kappa shape index (κ3) is 3.30. The lowest BCUT2D eigenvalue weighted by molar-refractivity contribution is 0.393. The van der Waals surface area contributed by atoms with E-state index in [0.29, 0.717) is 17.0 Å². The lowest BCUT2D eigenvalue weighted by atomic mass is 10.0. The summed E-state index contributed by atoms with van der Waals surface area (Å²) in [6, 6.07) is 12.6. The molecule has 0 aliphatic rings. The van der Waals surface area contributed by atoms with Crippen LogP contribution in [0.1, 0.15) is 22.6 Å². The lowest BCUT2D eigenvalue weighted by Gasteiger charge is -2.13. The average molecular weight is 356 g/mol. The van der Waals surface area contributed by atoms with E-state index in [2.05, 4.69) is 9.88 Å². The summed E-state index contributed by atoms with van der Waals surface area (Å²) >= 11 is 0. The molecule has 1 N–H and O–H groups in total. The Bertz CT molecular complexity index is 1020. The quantitative estimate of drug-likeness (QED) is 0.753. The molecule has 1 heterocycles. The minimum atomic E-state index is -3.71. The van der Waals surface area contributed by atoms with Gasteiger partial charge in [0.15, 0.2) is 0 Å². The SMILES string of the molecule is Cc1ccccc1NS(=O)(=O)c1cc(-c2c(C)noc2C)ccc1C. The number of rotatable bonds is 4. The van der Waals surface area contributed by atoms with Gasteiger partial charge >= 0.3 is 0 Å². The van der Waals surface area contributed by atoms with Crippen LogP contribution in [-0.4, -0.2) is 13.6 Å². The van der Waals surface area contributed by atoms with Crippen molar-refractivity contribution in [3.05, 3.63) is 65.0 Å². The molecule has 0 fully saturated rings. The number of para-hydroxylation sites is 1. The van der Waals surface area contributed by atoms with Crippen LogP contribution in [0.25, 0.3) is 11.1 Å². The molecule has 0 aliphatic carbocycles. The van der Waals surface area contributed by atoms with Crippen LogP contribution in [0.15, 0.2) is 51.9 Å². The largest absolute Gasteiger partial charge is 0.361 e. The van der Waals surface area contributed by atoms with Gasteiger partial charge in [-0.1, -0.05) is 35.5 Å². The van der Waals surface area contributed by atoms with Crippen molar-refractivity contribution in [1.82, 2.24) is 5.16 Å². The molecule has 130 valence electrons. The number of sulfonamides is 1. The molecule has 0 bridgehead atoms. The highest BCUT2D eigenvalue weighted by Crippen LogP contribution is 2.31. The average Bonchev–Trinajstić information content (AvgIpc) is 2.89. The van der Waals surface area contributed by atoms with E-state index in [4.69, 9.17) is 4.52 Å². The standard InChI is InChI=1S/C19H20N2O3S/c1-12-7-5-6-8-17(12)21-25(22,23)18-11-16(10-9-13(18)2)19-14(3)20-24-15(19)4/h5-11,21H,1-4H3. The van der Waals surface area contributed by atoms with Crippen molar-refractivity contribution in [2.24, 2.45) is 0 Å². The third-order valence-electron chi connectivity index (χ3n) is 4.19. The van der Waals surface area contributed by atoms with Crippen LogP contribution < -0.4 is 4.72 Å². The summed E-state index contributed by atoms with van der Waals surface area (Å²) in [5.41, 5.74) is 4.45. The fourth-order valence-electron chi connectivity index (χ4n) is 2.83. The Kier molecular flexibility index (Phi) is 4.39. The van der Waals surface area contributed by atoms with Gasteiger partial charge in [-0.2, -0.15) is 0 Å². The van der Waals surface area contributed by atoms with Gasteiger partial charge in [0.25, 0.3) is 10.0 Å². The summed E-state index contributed by atoms with van der Waals surface area (Å²) in [6.07, 6.45) is 0. The van der Waals surface area contributed by atoms with E-state index in [1.807, 2.05) is 39.0 Å². The number of benzene rings is 2. The minimum absolute atomic E-state index is 0.244. The third-order valence-corrected chi connectivity index (χ3v) is 5.70. The highest BCUT2D eigenvalue weighted by atomic mass is 32.2. The van der Waals surface area contributed by atoms with E-state index < -0.39 is 10.0 Å². The summed E-state index contributed by atoms with van der Waals surface area (Å²) in [5, 5.41) is 3.95. The predicted octanol–water partition coefficient (Wildman–Crippen LogP) is 4.38. The molecule has 0 unspecified atom stereocenters. The van der Waals surface area contributed by atoms with Crippen LogP contribution in [0, 0.1) is 27.7 Å². The van der Waals surface area contributed by atoms with Crippen LogP contribution in [0.4, 0.5) is 5.69 Å². The first-order valence-electron chi connectivity index (χ1n) is 7.92. The minimum Gasteiger partial charge on any atom is -0.361 e. The zero-order valence-electron chi connectivity index (χ0n) is 14.6. The molecule has 6 heteroatoms. The number of nitrogens with one attached hydrogen (secondary N) is 1. The van der Waals surface area contributed by atoms with Crippen molar-refractivity contribution < 1.29 is 12.9 Å². The highest BCUT2D eigenvalue weighted by molar-refractivity contribution is 7.92. The number of nitrogens with zero attached hydrogens (tertiary/aromatic N) is 1. The van der Waals surface area contributed by atoms with Crippen molar-refractivity contribution in [3.63, 3.8) is 0 Å². The van der Waals surface area contributed by atoms with Crippen LogP contribution >= 0.6 is 0 Å². The molecule has 3 aromatic rings. The second-order valence-corrected chi connectivity index (χ2v) is 7.75. The second-order valence-electron chi connectivity index (χ2n) is 6.10. The first-order chi connectivity index (χ1) is 11.8. The zero-order valence-corrected chi connectivity index (χ0v) is 15.4. The molecule has 1 aromatic heterocycles. The first-order valence-corrected chi connectivity index (χ1v) is 9.40. The topological polar surface area (TPSA) is 72.2 Å². The summed E-state index contributed by atoms with van der Waals surface area (Å²) in [5.74, 6) is 0.663. The Morgan fingerprint density at radius 2 is 1.68 bits per heavy atom. The maximum absolute atomic E-state index is 12.9. The molecular weight excluding hydrogens is 336 g/mol. The lowest BCUT2D eigenvalue weighted by Crippen LogP contribution is -2.15. The molecule has 0 radical (unpaired) electrons. The van der Waals surface area contributed by atoms with E-state index in [1.54, 1.807) is 31.2 Å². The van der Waals surface area contributed by atoms with Gasteiger partial charge < -0.3 is 4.52 Å². The maximum Gasteiger partial charge on any atom is 0.262 e. The van der Waals surface area contributed by atoms with Gasteiger partial charge in [0.1, 0.15) is 5.76 Å². The number of hydrogen-bond acceptors (Lipinski definition) is 4. The van der Waals surface area contributed by atoms with Gasteiger partial charge in [-0.15, -0.1) is 0 Å². The molecule has 0 aliphatic heterocycles. The first kappa shape index (κ1) is 17.2. The Balaban J connectivity index is 2.08. The smallest absolute Gasteiger partial charge is 0.262 e. The van der Waals surface area contributed by atoms with Crippen molar-refractivity contribution in [2.45, 2.75) is 32.6 Å². The zero-order chi connectivity index (χ0) is 18.2. The summed E-state index contributed by atoms with van der Waals surface area (Å²) < 4.78 is 33.7. The Morgan fingerprint density at radius 3 is 2.32 bits per heavy atom. The van der Waals surface area contributed by atoms with Crippen LogP contribution in [0.2, 0.25) is 0 Å². The van der Waals surface area contributed by atoms with Crippen LogP contribution in [-0.2, 0) is 10.0 Å². The summed E-state index contributed by atoms with van der Waals surface area (Å²) in [7, 11) is -3.71. The fraction of sp³-hybridized carbons (Fsp3) is 0.211. The Hall–Kier alpha value is -2.60. The monoisotopic (exact) mass is 356 g/mol. The van der Waals surface area contributed by atoms with Gasteiger partial charge in [-0.25, -0.2) is 8.42 Å². The van der Waals surface area contributed by atoms with Crippen molar-refractivity contribution in [1.29, 1.82) is 0 Å². The fourth-order valence-corrected chi connectivity index (χ4v) is 4.23. The van der Waals surface area contributed by atoms with Crippen molar-refractivity contribution in [2.75, 3.05) is 4.72 Å². The summed E-state index contributed by atoms with van der Waals surface area (Å²) in [6.45, 7) is 7.30. The van der Waals surface area contributed by atoms with Gasteiger partial charge in [-0.3, -0.25) is 4.72 Å². The van der Waals surface area contributed by atoms with Crippen LogP contribution in [0.3, 0.4) is 0 Å². The molecule has 3 rings (SSSR count). The number of aryl methyl sites for hydroxylation is 4. The van der Waals surface area contributed by atoms with E-state index in [1.165, 1.54) is 0 Å². The molecular formula is C19H20N2O3S. The molecule has 2 aromatic carbocycles. The van der Waals surface area contributed by atoms with Crippen molar-refractivity contribution in [3.8, 4) is 11.1 Å². The van der Waals surface area contributed by atoms with Crippen LogP contribution in [0.5, 0.6) is 0 Å². The molecule has 5 nitrogen and oxygen atoms in total. The maximum atomic E-state index is 12.9. The predicted molar refractivity (Wildman–Crippen MR) is 98.1 cm³/mol. The van der Waals surface area contributed by atoms with E-state index >= 15 is 0 Å².